The van der Waals surface area contributed by atoms with Gasteiger partial charge in [-0.2, -0.15) is 0 Å². The van der Waals surface area contributed by atoms with Crippen molar-refractivity contribution in [2.45, 2.75) is 25.3 Å². The topological polar surface area (TPSA) is 67.6 Å². The number of nitrogens with zero attached hydrogens (tertiary/aromatic N) is 1. The summed E-state index contributed by atoms with van der Waals surface area (Å²) in [6.45, 7) is 1.43. The Kier molecular flexibility index (Phi) is 7.10. The van der Waals surface area contributed by atoms with Gasteiger partial charge in [-0.15, -0.1) is 12.4 Å². The molecule has 0 bridgehead atoms. The first-order valence-electron chi connectivity index (χ1n) is 8.36. The number of anilines is 1. The summed E-state index contributed by atoms with van der Waals surface area (Å²) >= 11 is 0. The number of rotatable bonds is 3. The summed E-state index contributed by atoms with van der Waals surface area (Å²) in [5, 5.41) is 2.96. The van der Waals surface area contributed by atoms with E-state index in [1.165, 1.54) is 0 Å². The molecule has 1 heterocycles. The molecule has 0 radical (unpaired) electrons. The molecule has 1 fully saturated rings. The number of hydrogen-bond acceptors (Lipinski definition) is 3. The Hall–Kier alpha value is -2.24. The molecule has 134 valence electrons. The van der Waals surface area contributed by atoms with Crippen molar-refractivity contribution in [3.8, 4) is 11.5 Å². The van der Waals surface area contributed by atoms with Crippen LogP contribution in [-0.4, -0.2) is 30.1 Å². The van der Waals surface area contributed by atoms with Crippen molar-refractivity contribution in [1.82, 2.24) is 4.90 Å². The number of urea groups is 1. The van der Waals surface area contributed by atoms with Gasteiger partial charge in [-0.3, -0.25) is 0 Å². The van der Waals surface area contributed by atoms with Gasteiger partial charge in [0.2, 0.25) is 0 Å². The Labute approximate surface area is 154 Å². The zero-order valence-electron chi connectivity index (χ0n) is 14.1. The van der Waals surface area contributed by atoms with Crippen LogP contribution in [0.15, 0.2) is 54.6 Å². The van der Waals surface area contributed by atoms with E-state index in [1.54, 1.807) is 0 Å². The second kappa shape index (κ2) is 9.30. The lowest BCUT2D eigenvalue weighted by atomic mass is 10.1. The Morgan fingerprint density at radius 2 is 1.76 bits per heavy atom. The van der Waals surface area contributed by atoms with E-state index >= 15 is 0 Å². The minimum atomic E-state index is -0.104. The van der Waals surface area contributed by atoms with E-state index in [1.807, 2.05) is 59.5 Å². The molecule has 6 heteroatoms. The minimum absolute atomic E-state index is 0. The summed E-state index contributed by atoms with van der Waals surface area (Å²) in [4.78, 5) is 14.4. The van der Waals surface area contributed by atoms with Gasteiger partial charge in [0, 0.05) is 19.1 Å². The van der Waals surface area contributed by atoms with Crippen LogP contribution in [0.1, 0.15) is 19.3 Å². The third kappa shape index (κ3) is 5.37. The van der Waals surface area contributed by atoms with Gasteiger partial charge in [0.15, 0.2) is 5.75 Å². The Bertz CT molecular complexity index is 681. The molecule has 1 atom stereocenters. The van der Waals surface area contributed by atoms with Crippen molar-refractivity contribution in [3.05, 3.63) is 54.6 Å². The number of nitrogens with two attached hydrogens (primary N) is 1. The minimum Gasteiger partial charge on any atom is -0.455 e. The fourth-order valence-corrected chi connectivity index (χ4v) is 2.79. The Balaban J connectivity index is 0.00000225. The highest BCUT2D eigenvalue weighted by atomic mass is 35.5. The largest absolute Gasteiger partial charge is 0.455 e. The molecule has 25 heavy (non-hydrogen) atoms. The van der Waals surface area contributed by atoms with E-state index in [-0.39, 0.29) is 24.5 Å². The fourth-order valence-electron chi connectivity index (χ4n) is 2.79. The third-order valence-electron chi connectivity index (χ3n) is 4.16. The molecule has 5 nitrogen and oxygen atoms in total. The summed E-state index contributed by atoms with van der Waals surface area (Å²) in [5.41, 5.74) is 6.65. The van der Waals surface area contributed by atoms with Gasteiger partial charge >= 0.3 is 6.03 Å². The summed E-state index contributed by atoms with van der Waals surface area (Å²) in [5.74, 6) is 1.36. The second-order valence-corrected chi connectivity index (χ2v) is 6.02. The van der Waals surface area contributed by atoms with Crippen molar-refractivity contribution in [1.29, 1.82) is 0 Å². The van der Waals surface area contributed by atoms with Gasteiger partial charge in [-0.05, 0) is 43.5 Å². The van der Waals surface area contributed by atoms with Crippen LogP contribution in [0.5, 0.6) is 11.5 Å². The van der Waals surface area contributed by atoms with Gasteiger partial charge in [-0.25, -0.2) is 4.79 Å². The smallest absolute Gasteiger partial charge is 0.321 e. The maximum Gasteiger partial charge on any atom is 0.321 e. The number of ether oxygens (including phenoxy) is 1. The van der Waals surface area contributed by atoms with Crippen LogP contribution < -0.4 is 15.8 Å². The summed E-state index contributed by atoms with van der Waals surface area (Å²) in [7, 11) is 0. The number of hydrogen-bond donors (Lipinski definition) is 2. The van der Waals surface area contributed by atoms with E-state index in [2.05, 4.69) is 5.32 Å². The maximum atomic E-state index is 12.6. The molecular weight excluding hydrogens is 338 g/mol. The molecule has 2 aromatic rings. The van der Waals surface area contributed by atoms with Gasteiger partial charge in [0.05, 0.1) is 5.69 Å². The zero-order valence-corrected chi connectivity index (χ0v) is 14.9. The molecule has 3 N–H and O–H groups in total. The first-order chi connectivity index (χ1) is 11.7. The first kappa shape index (κ1) is 19.1. The maximum absolute atomic E-state index is 12.6. The number of para-hydroxylation sites is 3. The molecule has 0 aromatic heterocycles. The van der Waals surface area contributed by atoms with Gasteiger partial charge in [0.25, 0.3) is 0 Å². The van der Waals surface area contributed by atoms with Gasteiger partial charge in [0.1, 0.15) is 5.75 Å². The van der Waals surface area contributed by atoms with Crippen LogP contribution in [0.2, 0.25) is 0 Å². The normalized spacial score (nSPS) is 17.2. The summed E-state index contributed by atoms with van der Waals surface area (Å²) in [6.07, 6.45) is 2.75. The molecular formula is C19H24ClN3O2. The SMILES string of the molecule is Cl.NC1CCCN(C(=O)Nc2ccccc2Oc2ccccc2)CC1. The molecule has 0 saturated carbocycles. The van der Waals surface area contributed by atoms with Crippen molar-refractivity contribution < 1.29 is 9.53 Å². The molecule has 1 saturated heterocycles. The Morgan fingerprint density at radius 1 is 1.04 bits per heavy atom. The molecule has 1 aliphatic rings. The number of halogens is 1. The summed E-state index contributed by atoms with van der Waals surface area (Å²) < 4.78 is 5.89. The lowest BCUT2D eigenvalue weighted by molar-refractivity contribution is 0.213. The molecule has 3 rings (SSSR count). The average molecular weight is 362 g/mol. The van der Waals surface area contributed by atoms with Crippen molar-refractivity contribution >= 4 is 24.1 Å². The molecule has 2 amide bonds. The number of carbonyl (C=O) groups excluding carboxylic acids is 1. The van der Waals surface area contributed by atoms with E-state index < -0.39 is 0 Å². The van der Waals surface area contributed by atoms with E-state index in [9.17, 15) is 4.79 Å². The van der Waals surface area contributed by atoms with Crippen molar-refractivity contribution in [2.75, 3.05) is 18.4 Å². The van der Waals surface area contributed by atoms with Crippen molar-refractivity contribution in [2.24, 2.45) is 5.73 Å². The van der Waals surface area contributed by atoms with E-state index in [0.29, 0.717) is 18.0 Å². The van der Waals surface area contributed by atoms with E-state index in [4.69, 9.17) is 10.5 Å². The van der Waals surface area contributed by atoms with Crippen LogP contribution in [0.25, 0.3) is 0 Å². The highest BCUT2D eigenvalue weighted by Gasteiger charge is 2.19. The van der Waals surface area contributed by atoms with Gasteiger partial charge in [-0.1, -0.05) is 30.3 Å². The summed E-state index contributed by atoms with van der Waals surface area (Å²) in [6, 6.07) is 17.1. The molecule has 1 unspecified atom stereocenters. The number of nitrogens with one attached hydrogen (secondary N) is 1. The second-order valence-electron chi connectivity index (χ2n) is 6.02. The van der Waals surface area contributed by atoms with Crippen LogP contribution >= 0.6 is 12.4 Å². The lowest BCUT2D eigenvalue weighted by Crippen LogP contribution is -2.36. The molecule has 1 aliphatic heterocycles. The number of amides is 2. The third-order valence-corrected chi connectivity index (χ3v) is 4.16. The molecule has 0 spiro atoms. The highest BCUT2D eigenvalue weighted by molar-refractivity contribution is 5.91. The lowest BCUT2D eigenvalue weighted by Gasteiger charge is -2.22. The van der Waals surface area contributed by atoms with Crippen LogP contribution in [0.3, 0.4) is 0 Å². The van der Waals surface area contributed by atoms with Crippen LogP contribution in [-0.2, 0) is 0 Å². The number of benzene rings is 2. The molecule has 2 aromatic carbocycles. The predicted molar refractivity (Wildman–Crippen MR) is 103 cm³/mol. The van der Waals surface area contributed by atoms with E-state index in [0.717, 1.165) is 31.6 Å². The fraction of sp³-hybridized carbons (Fsp3) is 0.316. The first-order valence-corrected chi connectivity index (χ1v) is 8.36. The quantitative estimate of drug-likeness (QED) is 0.858. The average Bonchev–Trinajstić information content (AvgIpc) is 2.82. The highest BCUT2D eigenvalue weighted by Crippen LogP contribution is 2.29. The Morgan fingerprint density at radius 3 is 2.56 bits per heavy atom. The number of carbonyl (C=O) groups is 1. The van der Waals surface area contributed by atoms with Crippen LogP contribution in [0, 0.1) is 0 Å². The van der Waals surface area contributed by atoms with Gasteiger partial charge < -0.3 is 20.7 Å². The molecule has 0 aliphatic carbocycles. The standard InChI is InChI=1S/C19H23N3O2.ClH/c20-15-7-6-13-22(14-12-15)19(23)21-17-10-4-5-11-18(17)24-16-8-2-1-3-9-16;/h1-5,8-11,15H,6-7,12-14,20H2,(H,21,23);1H. The monoisotopic (exact) mass is 361 g/mol. The predicted octanol–water partition coefficient (Wildman–Crippen LogP) is 4.25. The zero-order chi connectivity index (χ0) is 16.8. The van der Waals surface area contributed by atoms with Crippen LogP contribution in [0.4, 0.5) is 10.5 Å². The number of likely N-dealkylation sites (tertiary alicyclic amines) is 1. The van der Waals surface area contributed by atoms with Crippen molar-refractivity contribution in [3.63, 3.8) is 0 Å².